The van der Waals surface area contributed by atoms with Crippen LogP contribution in [0.15, 0.2) is 0 Å². The maximum absolute atomic E-state index is 10.2. The van der Waals surface area contributed by atoms with E-state index in [2.05, 4.69) is 0 Å². The van der Waals surface area contributed by atoms with Crippen LogP contribution in [0.4, 0.5) is 0 Å². The van der Waals surface area contributed by atoms with E-state index in [4.69, 9.17) is 9.47 Å². The molecule has 2 aliphatic rings. The average Bonchev–Trinajstić information content (AvgIpc) is 2.58. The lowest BCUT2D eigenvalue weighted by Crippen LogP contribution is -2.42. The van der Waals surface area contributed by atoms with Gasteiger partial charge in [-0.1, -0.05) is 25.7 Å². The fourth-order valence-electron chi connectivity index (χ4n) is 2.66. The molecule has 0 radical (unpaired) electrons. The van der Waals surface area contributed by atoms with Crippen molar-refractivity contribution in [3.05, 3.63) is 0 Å². The monoisotopic (exact) mass is 214 g/mol. The van der Waals surface area contributed by atoms with Crippen molar-refractivity contribution in [2.45, 2.75) is 50.7 Å². The lowest BCUT2D eigenvalue weighted by Gasteiger charge is -2.31. The Morgan fingerprint density at radius 3 is 2.33 bits per heavy atom. The molecule has 3 heteroatoms. The number of rotatable bonds is 2. The number of ether oxygens (including phenoxy) is 2. The largest absolute Gasteiger partial charge is 0.390 e. The van der Waals surface area contributed by atoms with Gasteiger partial charge >= 0.3 is 0 Å². The number of aliphatic hydroxyl groups is 1. The summed E-state index contributed by atoms with van der Waals surface area (Å²) in [6, 6.07) is 0. The minimum absolute atomic E-state index is 0.0816. The zero-order valence-corrected chi connectivity index (χ0v) is 9.36. The van der Waals surface area contributed by atoms with Gasteiger partial charge in [0.05, 0.1) is 25.9 Å². The first kappa shape index (κ1) is 11.4. The molecular formula is C12H22O3. The van der Waals surface area contributed by atoms with E-state index in [1.807, 2.05) is 0 Å². The lowest BCUT2D eigenvalue weighted by molar-refractivity contribution is -0.145. The molecule has 15 heavy (non-hydrogen) atoms. The van der Waals surface area contributed by atoms with E-state index in [1.165, 1.54) is 25.7 Å². The van der Waals surface area contributed by atoms with Crippen molar-refractivity contribution >= 4 is 0 Å². The molecule has 1 aliphatic carbocycles. The first-order chi connectivity index (χ1) is 7.38. The maximum atomic E-state index is 10.2. The van der Waals surface area contributed by atoms with Gasteiger partial charge in [0.25, 0.3) is 0 Å². The second-order valence-electron chi connectivity index (χ2n) is 4.73. The summed E-state index contributed by atoms with van der Waals surface area (Å²) in [6.07, 6.45) is 7.08. The van der Waals surface area contributed by atoms with Crippen LogP contribution in [-0.2, 0) is 9.47 Å². The van der Waals surface area contributed by atoms with Crippen LogP contribution in [0.3, 0.4) is 0 Å². The van der Waals surface area contributed by atoms with E-state index < -0.39 is 0 Å². The molecule has 0 bridgehead atoms. The first-order valence-electron chi connectivity index (χ1n) is 6.25. The molecule has 3 nitrogen and oxygen atoms in total. The Balaban J connectivity index is 1.83. The number of hydrogen-bond acceptors (Lipinski definition) is 3. The molecule has 1 aliphatic heterocycles. The Kier molecular flexibility index (Phi) is 4.42. The molecule has 1 heterocycles. The zero-order chi connectivity index (χ0) is 10.5. The highest BCUT2D eigenvalue weighted by Gasteiger charge is 2.30. The quantitative estimate of drug-likeness (QED) is 0.711. The lowest BCUT2D eigenvalue weighted by atomic mass is 9.90. The van der Waals surface area contributed by atoms with Crippen molar-refractivity contribution in [3.8, 4) is 0 Å². The van der Waals surface area contributed by atoms with Gasteiger partial charge in [0, 0.05) is 0 Å². The molecule has 2 fully saturated rings. The normalized spacial score (nSPS) is 32.2. The second-order valence-corrected chi connectivity index (χ2v) is 4.73. The van der Waals surface area contributed by atoms with Gasteiger partial charge in [-0.15, -0.1) is 0 Å². The molecule has 1 N–H and O–H groups in total. The zero-order valence-electron chi connectivity index (χ0n) is 9.36. The van der Waals surface area contributed by atoms with Crippen LogP contribution in [0.1, 0.15) is 38.5 Å². The Morgan fingerprint density at radius 2 is 1.73 bits per heavy atom. The molecule has 2 rings (SSSR count). The third-order valence-corrected chi connectivity index (χ3v) is 3.61. The van der Waals surface area contributed by atoms with Crippen LogP contribution >= 0.6 is 0 Å². The molecule has 0 aromatic heterocycles. The minimum Gasteiger partial charge on any atom is -0.390 e. The van der Waals surface area contributed by atoms with E-state index in [-0.39, 0.29) is 12.2 Å². The summed E-state index contributed by atoms with van der Waals surface area (Å²) in [7, 11) is 0. The van der Waals surface area contributed by atoms with Crippen LogP contribution < -0.4 is 0 Å². The average molecular weight is 214 g/mol. The van der Waals surface area contributed by atoms with Gasteiger partial charge < -0.3 is 14.6 Å². The van der Waals surface area contributed by atoms with Gasteiger partial charge in [0.1, 0.15) is 6.10 Å². The predicted molar refractivity (Wildman–Crippen MR) is 57.8 cm³/mol. The highest BCUT2D eigenvalue weighted by atomic mass is 16.6. The SMILES string of the molecule is OC(C1CCCCCC1)C1COCCO1. The molecule has 0 aromatic rings. The van der Waals surface area contributed by atoms with Gasteiger partial charge in [-0.2, -0.15) is 0 Å². The highest BCUT2D eigenvalue weighted by molar-refractivity contribution is 4.80. The molecule has 2 unspecified atom stereocenters. The Hall–Kier alpha value is -0.120. The Morgan fingerprint density at radius 1 is 1.00 bits per heavy atom. The van der Waals surface area contributed by atoms with E-state index in [0.29, 0.717) is 25.7 Å². The second kappa shape index (κ2) is 5.83. The van der Waals surface area contributed by atoms with Crippen molar-refractivity contribution in [1.82, 2.24) is 0 Å². The van der Waals surface area contributed by atoms with Gasteiger partial charge in [0.15, 0.2) is 0 Å². The van der Waals surface area contributed by atoms with Gasteiger partial charge in [-0.05, 0) is 18.8 Å². The maximum Gasteiger partial charge on any atom is 0.107 e. The van der Waals surface area contributed by atoms with Gasteiger partial charge in [-0.25, -0.2) is 0 Å². The Labute approximate surface area is 91.8 Å². The molecule has 0 spiro atoms. The third-order valence-electron chi connectivity index (χ3n) is 3.61. The summed E-state index contributed by atoms with van der Waals surface area (Å²) >= 11 is 0. The van der Waals surface area contributed by atoms with Gasteiger partial charge in [0.2, 0.25) is 0 Å². The van der Waals surface area contributed by atoms with E-state index >= 15 is 0 Å². The summed E-state index contributed by atoms with van der Waals surface area (Å²) in [5, 5.41) is 10.2. The molecule has 0 amide bonds. The third kappa shape index (κ3) is 3.16. The highest BCUT2D eigenvalue weighted by Crippen LogP contribution is 2.28. The van der Waals surface area contributed by atoms with E-state index in [1.54, 1.807) is 0 Å². The molecular weight excluding hydrogens is 192 g/mol. The fourth-order valence-corrected chi connectivity index (χ4v) is 2.66. The fraction of sp³-hybridized carbons (Fsp3) is 1.00. The van der Waals surface area contributed by atoms with Crippen LogP contribution in [0.5, 0.6) is 0 Å². The summed E-state index contributed by atoms with van der Waals surface area (Å²) in [6.45, 7) is 1.88. The molecule has 1 saturated heterocycles. The van der Waals surface area contributed by atoms with Crippen molar-refractivity contribution in [2.24, 2.45) is 5.92 Å². The first-order valence-corrected chi connectivity index (χ1v) is 6.25. The van der Waals surface area contributed by atoms with E-state index in [9.17, 15) is 5.11 Å². The molecule has 88 valence electrons. The standard InChI is InChI=1S/C12H22O3/c13-12(11-9-14-7-8-15-11)10-5-3-1-2-4-6-10/h10-13H,1-9H2. The van der Waals surface area contributed by atoms with Gasteiger partial charge in [-0.3, -0.25) is 0 Å². The Bertz CT molecular complexity index is 170. The topological polar surface area (TPSA) is 38.7 Å². The number of hydrogen-bond donors (Lipinski definition) is 1. The van der Waals surface area contributed by atoms with E-state index in [0.717, 1.165) is 12.8 Å². The molecule has 1 saturated carbocycles. The van der Waals surface area contributed by atoms with Crippen LogP contribution in [0, 0.1) is 5.92 Å². The van der Waals surface area contributed by atoms with Crippen molar-refractivity contribution in [3.63, 3.8) is 0 Å². The predicted octanol–water partition coefficient (Wildman–Crippen LogP) is 1.73. The summed E-state index contributed by atoms with van der Waals surface area (Å²) < 4.78 is 10.9. The van der Waals surface area contributed by atoms with Crippen LogP contribution in [0.2, 0.25) is 0 Å². The van der Waals surface area contributed by atoms with Crippen LogP contribution in [0.25, 0.3) is 0 Å². The molecule has 0 aromatic carbocycles. The molecule has 2 atom stereocenters. The minimum atomic E-state index is -0.316. The van der Waals surface area contributed by atoms with Crippen molar-refractivity contribution in [1.29, 1.82) is 0 Å². The smallest absolute Gasteiger partial charge is 0.107 e. The van der Waals surface area contributed by atoms with Crippen LogP contribution in [-0.4, -0.2) is 37.1 Å². The summed E-state index contributed by atoms with van der Waals surface area (Å²) in [5.74, 6) is 0.430. The number of aliphatic hydroxyl groups excluding tert-OH is 1. The van der Waals surface area contributed by atoms with Crippen molar-refractivity contribution in [2.75, 3.05) is 19.8 Å². The summed E-state index contributed by atoms with van der Waals surface area (Å²) in [5.41, 5.74) is 0. The van der Waals surface area contributed by atoms with Crippen molar-refractivity contribution < 1.29 is 14.6 Å². The summed E-state index contributed by atoms with van der Waals surface area (Å²) in [4.78, 5) is 0.